The summed E-state index contributed by atoms with van der Waals surface area (Å²) in [7, 11) is 2.75. The molecule has 0 aromatic carbocycles. The molecule has 0 fully saturated rings. The van der Waals surface area contributed by atoms with Crippen molar-refractivity contribution in [3.05, 3.63) is 0 Å². The van der Waals surface area contributed by atoms with Gasteiger partial charge in [-0.1, -0.05) is 27.7 Å². The fourth-order valence-electron chi connectivity index (χ4n) is 3.56. The molecule has 35 heavy (non-hydrogen) atoms. The van der Waals surface area contributed by atoms with Crippen molar-refractivity contribution in [1.82, 2.24) is 15.1 Å². The van der Waals surface area contributed by atoms with Gasteiger partial charge in [0.25, 0.3) is 0 Å². The minimum absolute atomic E-state index is 0.00990. The number of nitrogens with one attached hydrogen (secondary N) is 1. The van der Waals surface area contributed by atoms with E-state index >= 15 is 0 Å². The van der Waals surface area contributed by atoms with Gasteiger partial charge in [0.15, 0.2) is 0 Å². The molecule has 0 rings (SSSR count). The number of rotatable bonds is 11. The maximum atomic E-state index is 13.4. The average Bonchev–Trinajstić information content (AvgIpc) is 2.66. The van der Waals surface area contributed by atoms with Crippen molar-refractivity contribution in [2.45, 2.75) is 98.6 Å². The molecule has 0 unspecified atom stereocenters. The molecular formula is C24H43N3O8. The predicted octanol–water partition coefficient (Wildman–Crippen LogP) is 2.27. The maximum absolute atomic E-state index is 13.4. The van der Waals surface area contributed by atoms with E-state index < -0.39 is 65.6 Å². The van der Waals surface area contributed by atoms with Gasteiger partial charge in [0.1, 0.15) is 29.8 Å². The number of esters is 1. The highest BCUT2D eigenvalue weighted by molar-refractivity contribution is 5.93. The van der Waals surface area contributed by atoms with Crippen molar-refractivity contribution in [3.63, 3.8) is 0 Å². The van der Waals surface area contributed by atoms with Crippen LogP contribution < -0.4 is 5.32 Å². The van der Waals surface area contributed by atoms with Crippen molar-refractivity contribution < 1.29 is 38.6 Å². The molecule has 202 valence electrons. The van der Waals surface area contributed by atoms with E-state index in [1.54, 1.807) is 34.6 Å². The van der Waals surface area contributed by atoms with E-state index in [2.05, 4.69) is 5.32 Å². The van der Waals surface area contributed by atoms with E-state index in [1.807, 2.05) is 13.8 Å². The molecule has 0 bridgehead atoms. The van der Waals surface area contributed by atoms with Crippen molar-refractivity contribution in [2.75, 3.05) is 14.1 Å². The molecule has 11 heteroatoms. The van der Waals surface area contributed by atoms with E-state index in [1.165, 1.54) is 21.0 Å². The number of hydrogen-bond donors (Lipinski definition) is 2. The third-order valence-corrected chi connectivity index (χ3v) is 5.18. The fourth-order valence-corrected chi connectivity index (χ4v) is 3.56. The number of nitrogens with zero attached hydrogens (tertiary/aromatic N) is 2. The van der Waals surface area contributed by atoms with Gasteiger partial charge in [0.05, 0.1) is 0 Å². The molecule has 0 aromatic heterocycles. The molecule has 0 radical (unpaired) electrons. The van der Waals surface area contributed by atoms with Gasteiger partial charge in [-0.15, -0.1) is 0 Å². The smallest absolute Gasteiger partial charge is 0.410 e. The molecule has 3 amide bonds. The van der Waals surface area contributed by atoms with Gasteiger partial charge in [-0.2, -0.15) is 0 Å². The predicted molar refractivity (Wildman–Crippen MR) is 129 cm³/mol. The number of aliphatic carboxylic acids is 1. The van der Waals surface area contributed by atoms with E-state index in [0.29, 0.717) is 0 Å². The Morgan fingerprint density at radius 1 is 0.943 bits per heavy atom. The highest BCUT2D eigenvalue weighted by Gasteiger charge is 2.39. The van der Waals surface area contributed by atoms with Crippen LogP contribution in [0.1, 0.15) is 68.7 Å². The SMILES string of the molecule is CC(=O)O[C@H](C)[C@H](NC(=O)[C@H](CC(C)C)N(C)C(=O)OC(C)(C)C)C(=O)N(C)[C@H](C(=O)O)C(C)C. The molecule has 0 spiro atoms. The third kappa shape index (κ3) is 10.5. The highest BCUT2D eigenvalue weighted by Crippen LogP contribution is 2.18. The summed E-state index contributed by atoms with van der Waals surface area (Å²) in [5.74, 6) is -3.69. The van der Waals surface area contributed by atoms with E-state index in [9.17, 15) is 29.1 Å². The fraction of sp³-hybridized carbons (Fsp3) is 0.792. The Kier molecular flexibility index (Phi) is 12.2. The van der Waals surface area contributed by atoms with Crippen LogP contribution in [0.2, 0.25) is 0 Å². The minimum Gasteiger partial charge on any atom is -0.480 e. The lowest BCUT2D eigenvalue weighted by Gasteiger charge is -2.35. The highest BCUT2D eigenvalue weighted by atomic mass is 16.6. The summed E-state index contributed by atoms with van der Waals surface area (Å²) in [5.41, 5.74) is -0.780. The number of carboxylic acid groups (broad SMARTS) is 1. The Morgan fingerprint density at radius 3 is 1.83 bits per heavy atom. The first-order valence-corrected chi connectivity index (χ1v) is 11.7. The monoisotopic (exact) mass is 501 g/mol. The van der Waals surface area contributed by atoms with Crippen LogP contribution in [-0.4, -0.2) is 88.7 Å². The zero-order valence-corrected chi connectivity index (χ0v) is 22.9. The molecule has 2 N–H and O–H groups in total. The van der Waals surface area contributed by atoms with E-state index in [4.69, 9.17) is 9.47 Å². The maximum Gasteiger partial charge on any atom is 0.410 e. The summed E-state index contributed by atoms with van der Waals surface area (Å²) in [6.45, 7) is 14.8. The van der Waals surface area contributed by atoms with Gasteiger partial charge < -0.3 is 24.8 Å². The Bertz CT molecular complexity index is 775. The number of amides is 3. The summed E-state index contributed by atoms with van der Waals surface area (Å²) < 4.78 is 10.6. The van der Waals surface area contributed by atoms with Crippen LogP contribution in [0.25, 0.3) is 0 Å². The second-order valence-electron chi connectivity index (χ2n) is 10.5. The normalized spacial score (nSPS) is 15.0. The second-order valence-corrected chi connectivity index (χ2v) is 10.5. The van der Waals surface area contributed by atoms with E-state index in [-0.39, 0.29) is 12.3 Å². The molecule has 0 saturated heterocycles. The Morgan fingerprint density at radius 2 is 1.46 bits per heavy atom. The van der Waals surface area contributed by atoms with E-state index in [0.717, 1.165) is 16.7 Å². The van der Waals surface area contributed by atoms with Gasteiger partial charge in [-0.25, -0.2) is 9.59 Å². The van der Waals surface area contributed by atoms with Crippen LogP contribution in [0, 0.1) is 11.8 Å². The number of hydrogen-bond acceptors (Lipinski definition) is 7. The molecule has 0 saturated carbocycles. The molecule has 11 nitrogen and oxygen atoms in total. The van der Waals surface area contributed by atoms with Crippen molar-refractivity contribution in [3.8, 4) is 0 Å². The number of carbonyl (C=O) groups excluding carboxylic acids is 4. The number of carbonyl (C=O) groups is 5. The van der Waals surface area contributed by atoms with Crippen LogP contribution >= 0.6 is 0 Å². The van der Waals surface area contributed by atoms with Gasteiger partial charge in [0.2, 0.25) is 11.8 Å². The Hall–Kier alpha value is -2.85. The van der Waals surface area contributed by atoms with Gasteiger partial charge in [-0.3, -0.25) is 19.3 Å². The Labute approximate surface area is 208 Å². The van der Waals surface area contributed by atoms with Gasteiger partial charge in [0, 0.05) is 21.0 Å². The molecule has 0 heterocycles. The van der Waals surface area contributed by atoms with Gasteiger partial charge >= 0.3 is 18.0 Å². The molecule has 0 aliphatic heterocycles. The second kappa shape index (κ2) is 13.3. The standard InChI is InChI=1S/C24H43N3O8/c1-13(2)12-17(26(10)23(33)35-24(7,8)9)20(29)25-18(15(5)34-16(6)28)21(30)27(11)19(14(3)4)22(31)32/h13-15,17-19H,12H2,1-11H3,(H,25,29)(H,31,32)/t15-,17+,18+,19+/m1/s1. The zero-order valence-electron chi connectivity index (χ0n) is 22.9. The number of ether oxygens (including phenoxy) is 2. The van der Waals surface area contributed by atoms with Crippen molar-refractivity contribution in [2.24, 2.45) is 11.8 Å². The van der Waals surface area contributed by atoms with Crippen molar-refractivity contribution in [1.29, 1.82) is 0 Å². The van der Waals surface area contributed by atoms with Gasteiger partial charge in [-0.05, 0) is 46.0 Å². The van der Waals surface area contributed by atoms with Crippen molar-refractivity contribution >= 4 is 29.8 Å². The summed E-state index contributed by atoms with van der Waals surface area (Å²) in [5, 5.41) is 12.2. The lowest BCUT2D eigenvalue weighted by atomic mass is 9.99. The lowest BCUT2D eigenvalue weighted by Crippen LogP contribution is -2.60. The zero-order chi connectivity index (χ0) is 27.8. The molecule has 0 aliphatic rings. The largest absolute Gasteiger partial charge is 0.480 e. The number of carboxylic acids is 1. The first-order valence-electron chi connectivity index (χ1n) is 11.7. The summed E-state index contributed by atoms with van der Waals surface area (Å²) in [4.78, 5) is 64.9. The molecule has 0 aromatic rings. The van der Waals surface area contributed by atoms with Crippen LogP contribution in [-0.2, 0) is 28.7 Å². The lowest BCUT2D eigenvalue weighted by molar-refractivity contribution is -0.158. The summed E-state index contributed by atoms with van der Waals surface area (Å²) in [6, 6.07) is -3.53. The molecule has 0 aliphatic carbocycles. The van der Waals surface area contributed by atoms with Crippen LogP contribution in [0.3, 0.4) is 0 Å². The van der Waals surface area contributed by atoms with Crippen LogP contribution in [0.4, 0.5) is 4.79 Å². The summed E-state index contributed by atoms with van der Waals surface area (Å²) >= 11 is 0. The number of likely N-dealkylation sites (N-methyl/N-ethyl adjacent to an activating group) is 2. The average molecular weight is 502 g/mol. The first kappa shape index (κ1) is 32.1. The summed E-state index contributed by atoms with van der Waals surface area (Å²) in [6.07, 6.45) is -1.54. The minimum atomic E-state index is -1.38. The van der Waals surface area contributed by atoms with Crippen LogP contribution in [0.5, 0.6) is 0 Å². The van der Waals surface area contributed by atoms with Crippen LogP contribution in [0.15, 0.2) is 0 Å². The quantitative estimate of drug-likeness (QED) is 0.411. The molecular weight excluding hydrogens is 458 g/mol. The third-order valence-electron chi connectivity index (χ3n) is 5.18. The first-order chi connectivity index (χ1) is 15.8. The molecule has 4 atom stereocenters. The topological polar surface area (TPSA) is 143 Å². The Balaban J connectivity index is 6.13.